The molecule has 25 heavy (non-hydrogen) atoms. The number of pyridine rings is 1. The van der Waals surface area contributed by atoms with Crippen molar-refractivity contribution in [3.63, 3.8) is 0 Å². The van der Waals surface area contributed by atoms with Gasteiger partial charge in [0.15, 0.2) is 5.16 Å². The molecule has 0 saturated heterocycles. The Balaban J connectivity index is 1.61. The Bertz CT molecular complexity index is 1010. The highest BCUT2D eigenvalue weighted by atomic mass is 32.2. The van der Waals surface area contributed by atoms with Crippen LogP contribution in [-0.4, -0.2) is 26.9 Å². The normalized spacial score (nSPS) is 10.9. The zero-order valence-electron chi connectivity index (χ0n) is 13.7. The monoisotopic (exact) mass is 348 g/mol. The second-order valence-corrected chi connectivity index (χ2v) is 6.41. The van der Waals surface area contributed by atoms with Crippen LogP contribution in [0.1, 0.15) is 5.56 Å². The number of aromatic nitrogens is 4. The second-order valence-electron chi connectivity index (χ2n) is 5.47. The summed E-state index contributed by atoms with van der Waals surface area (Å²) in [6.07, 6.45) is 3.55. The van der Waals surface area contributed by atoms with E-state index >= 15 is 0 Å². The molecule has 2 aromatic carbocycles. The van der Waals surface area contributed by atoms with Crippen molar-refractivity contribution < 1.29 is 4.74 Å². The van der Waals surface area contributed by atoms with Gasteiger partial charge in [-0.2, -0.15) is 0 Å². The first-order chi connectivity index (χ1) is 12.3. The van der Waals surface area contributed by atoms with E-state index < -0.39 is 0 Å². The lowest BCUT2D eigenvalue weighted by molar-refractivity contribution is 0.414. The van der Waals surface area contributed by atoms with Gasteiger partial charge in [0.2, 0.25) is 0 Å². The van der Waals surface area contributed by atoms with Gasteiger partial charge in [-0.3, -0.25) is 9.55 Å². The number of thioether (sulfide) groups is 1. The van der Waals surface area contributed by atoms with Gasteiger partial charge >= 0.3 is 0 Å². The molecule has 0 aliphatic carbocycles. The lowest BCUT2D eigenvalue weighted by atomic mass is 10.1. The summed E-state index contributed by atoms with van der Waals surface area (Å²) in [5.74, 6) is 1.58. The van der Waals surface area contributed by atoms with Gasteiger partial charge in [-0.05, 0) is 23.8 Å². The average Bonchev–Trinajstić information content (AvgIpc) is 3.15. The van der Waals surface area contributed by atoms with Crippen molar-refractivity contribution in [2.75, 3.05) is 7.11 Å². The van der Waals surface area contributed by atoms with Crippen LogP contribution in [0.4, 0.5) is 0 Å². The molecule has 0 radical (unpaired) electrons. The molecular formula is C19H16N4OS. The third kappa shape index (κ3) is 3.21. The van der Waals surface area contributed by atoms with E-state index in [9.17, 15) is 0 Å². The fraction of sp³-hybridized carbons (Fsp3) is 0.105. The zero-order valence-corrected chi connectivity index (χ0v) is 14.5. The van der Waals surface area contributed by atoms with Crippen molar-refractivity contribution in [3.8, 4) is 11.4 Å². The van der Waals surface area contributed by atoms with Gasteiger partial charge in [0.25, 0.3) is 0 Å². The fourth-order valence-corrected chi connectivity index (χ4v) is 3.60. The lowest BCUT2D eigenvalue weighted by Gasteiger charge is -2.09. The maximum absolute atomic E-state index is 5.30. The van der Waals surface area contributed by atoms with Gasteiger partial charge in [0.1, 0.15) is 12.1 Å². The molecule has 0 fully saturated rings. The molecule has 0 N–H and O–H groups in total. The van der Waals surface area contributed by atoms with Crippen LogP contribution in [0.15, 0.2) is 72.3 Å². The third-order valence-electron chi connectivity index (χ3n) is 3.92. The summed E-state index contributed by atoms with van der Waals surface area (Å²) in [7, 11) is 1.66. The largest absolute Gasteiger partial charge is 0.497 e. The van der Waals surface area contributed by atoms with E-state index in [-0.39, 0.29) is 0 Å². The molecule has 0 saturated carbocycles. The van der Waals surface area contributed by atoms with Crippen LogP contribution in [-0.2, 0) is 5.75 Å². The highest BCUT2D eigenvalue weighted by Gasteiger charge is 2.10. The van der Waals surface area contributed by atoms with Crippen molar-refractivity contribution in [1.29, 1.82) is 0 Å². The summed E-state index contributed by atoms with van der Waals surface area (Å²) in [5, 5.41) is 10.3. The number of fused-ring (bicyclic) bond motifs is 1. The Morgan fingerprint density at radius 2 is 1.96 bits per heavy atom. The number of ether oxygens (including phenoxy) is 1. The van der Waals surface area contributed by atoms with Crippen LogP contribution < -0.4 is 4.74 Å². The predicted molar refractivity (Wildman–Crippen MR) is 99.2 cm³/mol. The predicted octanol–water partition coefficient (Wildman–Crippen LogP) is 4.12. The zero-order chi connectivity index (χ0) is 17.1. The van der Waals surface area contributed by atoms with Crippen molar-refractivity contribution in [2.24, 2.45) is 0 Å². The minimum Gasteiger partial charge on any atom is -0.497 e. The highest BCUT2D eigenvalue weighted by molar-refractivity contribution is 7.98. The number of nitrogens with zero attached hydrogens (tertiary/aromatic N) is 4. The Hall–Kier alpha value is -2.86. The molecule has 0 spiro atoms. The van der Waals surface area contributed by atoms with Gasteiger partial charge in [-0.25, -0.2) is 0 Å². The van der Waals surface area contributed by atoms with E-state index in [0.717, 1.165) is 33.2 Å². The summed E-state index contributed by atoms with van der Waals surface area (Å²) in [6.45, 7) is 0. The molecular weight excluding hydrogens is 332 g/mol. The summed E-state index contributed by atoms with van der Waals surface area (Å²) in [6, 6.07) is 18.1. The number of methoxy groups -OCH3 is 1. The Kier molecular flexibility index (Phi) is 4.35. The quantitative estimate of drug-likeness (QED) is 0.508. The Morgan fingerprint density at radius 3 is 2.88 bits per heavy atom. The van der Waals surface area contributed by atoms with Crippen molar-refractivity contribution in [3.05, 3.63) is 72.7 Å². The first-order valence-corrected chi connectivity index (χ1v) is 8.83. The van der Waals surface area contributed by atoms with Gasteiger partial charge in [-0.15, -0.1) is 10.2 Å². The van der Waals surface area contributed by atoms with Crippen molar-refractivity contribution in [1.82, 2.24) is 19.7 Å². The minimum atomic E-state index is 0.775. The summed E-state index contributed by atoms with van der Waals surface area (Å²) in [5.41, 5.74) is 3.19. The van der Waals surface area contributed by atoms with E-state index in [2.05, 4.69) is 39.4 Å². The molecule has 2 aromatic heterocycles. The maximum Gasteiger partial charge on any atom is 0.195 e. The molecule has 2 heterocycles. The fourth-order valence-electron chi connectivity index (χ4n) is 2.69. The highest BCUT2D eigenvalue weighted by Crippen LogP contribution is 2.27. The van der Waals surface area contributed by atoms with E-state index in [1.54, 1.807) is 25.2 Å². The molecule has 0 bridgehead atoms. The van der Waals surface area contributed by atoms with Gasteiger partial charge in [0.05, 0.1) is 18.3 Å². The Labute approximate surface area is 149 Å². The second kappa shape index (κ2) is 6.94. The van der Waals surface area contributed by atoms with E-state index in [4.69, 9.17) is 4.74 Å². The first-order valence-electron chi connectivity index (χ1n) is 7.85. The number of benzene rings is 2. The van der Waals surface area contributed by atoms with Crippen LogP contribution in [0.5, 0.6) is 5.75 Å². The molecule has 0 aliphatic rings. The van der Waals surface area contributed by atoms with Crippen LogP contribution in [0.3, 0.4) is 0 Å². The van der Waals surface area contributed by atoms with E-state index in [0.29, 0.717) is 0 Å². The molecule has 5 nitrogen and oxygen atoms in total. The van der Waals surface area contributed by atoms with Crippen LogP contribution in [0.2, 0.25) is 0 Å². The van der Waals surface area contributed by atoms with E-state index in [1.165, 1.54) is 5.56 Å². The van der Waals surface area contributed by atoms with Gasteiger partial charge in [0, 0.05) is 23.4 Å². The molecule has 0 aliphatic heterocycles. The summed E-state index contributed by atoms with van der Waals surface area (Å²) in [4.78, 5) is 4.51. The number of hydrogen-bond donors (Lipinski definition) is 0. The van der Waals surface area contributed by atoms with Gasteiger partial charge < -0.3 is 4.74 Å². The standard InChI is InChI=1S/C19H16N4OS/c1-24-17-9-3-8-16(11-17)23-13-21-22-19(23)25-12-15-6-2-5-14-7-4-10-20-18(14)15/h2-11,13H,12H2,1H3. The molecule has 124 valence electrons. The Morgan fingerprint density at radius 1 is 1.08 bits per heavy atom. The minimum absolute atomic E-state index is 0.775. The van der Waals surface area contributed by atoms with Gasteiger partial charge in [-0.1, -0.05) is 42.1 Å². The van der Waals surface area contributed by atoms with Crippen LogP contribution in [0, 0.1) is 0 Å². The number of rotatable bonds is 5. The molecule has 0 unspecified atom stereocenters. The van der Waals surface area contributed by atoms with Crippen LogP contribution >= 0.6 is 11.8 Å². The van der Waals surface area contributed by atoms with E-state index in [1.807, 2.05) is 41.1 Å². The first kappa shape index (κ1) is 15.7. The smallest absolute Gasteiger partial charge is 0.195 e. The third-order valence-corrected chi connectivity index (χ3v) is 4.91. The topological polar surface area (TPSA) is 52.8 Å². The molecule has 6 heteroatoms. The van der Waals surface area contributed by atoms with Crippen molar-refractivity contribution >= 4 is 22.7 Å². The lowest BCUT2D eigenvalue weighted by Crippen LogP contribution is -1.96. The molecule has 4 aromatic rings. The number of hydrogen-bond acceptors (Lipinski definition) is 5. The number of para-hydroxylation sites is 1. The molecule has 0 atom stereocenters. The summed E-state index contributed by atoms with van der Waals surface area (Å²) < 4.78 is 7.27. The summed E-state index contributed by atoms with van der Waals surface area (Å²) >= 11 is 1.64. The van der Waals surface area contributed by atoms with Crippen molar-refractivity contribution in [2.45, 2.75) is 10.9 Å². The molecule has 0 amide bonds. The maximum atomic E-state index is 5.30. The molecule has 4 rings (SSSR count). The average molecular weight is 348 g/mol. The SMILES string of the molecule is COc1cccc(-n2cnnc2SCc2cccc3cccnc23)c1. The van der Waals surface area contributed by atoms with Crippen LogP contribution in [0.25, 0.3) is 16.6 Å².